The topological polar surface area (TPSA) is 161 Å². The number of anilines is 4. The molecular formula is C29H26FN7O5S. The van der Waals surface area contributed by atoms with Crippen molar-refractivity contribution in [2.45, 2.75) is 25.7 Å². The van der Waals surface area contributed by atoms with Crippen molar-refractivity contribution in [3.8, 4) is 11.3 Å². The van der Waals surface area contributed by atoms with Crippen LogP contribution in [-0.4, -0.2) is 62.7 Å². The lowest BCUT2D eigenvalue weighted by atomic mass is 9.99. The average molecular weight is 604 g/mol. The standard InChI is InChI=1S/C29H26FN7O5S/c30-19-7-5-16(11-21(19)33-28(40)24-12-17-3-1-2-4-23(17)43-24)20-13-22(27(39)35-34-20)32-25-8-6-18(14-31-25)37-10-9-36(29(41)42)15-26(37)38/h5-8,11-14H,1-4,9-10,15H2,(H,33,40)(H,35,39)(H,41,42)(H,31,32,34). The van der Waals surface area contributed by atoms with E-state index in [1.807, 2.05) is 6.07 Å². The number of rotatable bonds is 6. The summed E-state index contributed by atoms with van der Waals surface area (Å²) in [6, 6.07) is 10.8. The molecule has 220 valence electrons. The number of hydrogen-bond donors (Lipinski definition) is 4. The maximum atomic E-state index is 14.7. The second-order valence-electron chi connectivity index (χ2n) is 10.2. The first-order valence-electron chi connectivity index (χ1n) is 13.6. The Bertz CT molecular complexity index is 1770. The number of aromatic nitrogens is 3. The molecule has 4 N–H and O–H groups in total. The van der Waals surface area contributed by atoms with Crippen molar-refractivity contribution in [2.75, 3.05) is 35.2 Å². The van der Waals surface area contributed by atoms with E-state index in [1.54, 1.807) is 12.1 Å². The third kappa shape index (κ3) is 5.95. The summed E-state index contributed by atoms with van der Waals surface area (Å²) in [5.74, 6) is -1.04. The minimum absolute atomic E-state index is 0.00706. The van der Waals surface area contributed by atoms with Gasteiger partial charge in [-0.1, -0.05) is 0 Å². The van der Waals surface area contributed by atoms with Gasteiger partial charge in [-0.25, -0.2) is 19.3 Å². The van der Waals surface area contributed by atoms with E-state index in [4.69, 9.17) is 5.11 Å². The monoisotopic (exact) mass is 603 g/mol. The lowest BCUT2D eigenvalue weighted by molar-refractivity contribution is -0.120. The van der Waals surface area contributed by atoms with Gasteiger partial charge < -0.3 is 20.6 Å². The number of aryl methyl sites for hydroxylation is 2. The lowest BCUT2D eigenvalue weighted by Gasteiger charge is -2.32. The van der Waals surface area contributed by atoms with Gasteiger partial charge in [0, 0.05) is 23.5 Å². The van der Waals surface area contributed by atoms with Crippen LogP contribution in [0, 0.1) is 5.82 Å². The first-order valence-corrected chi connectivity index (χ1v) is 14.4. The highest BCUT2D eigenvalue weighted by molar-refractivity contribution is 7.14. The molecule has 1 aliphatic heterocycles. The summed E-state index contributed by atoms with van der Waals surface area (Å²) in [5.41, 5.74) is 2.05. The molecule has 0 atom stereocenters. The van der Waals surface area contributed by atoms with E-state index in [-0.39, 0.29) is 42.8 Å². The Kier molecular flexibility index (Phi) is 7.59. The maximum Gasteiger partial charge on any atom is 0.407 e. The maximum absolute atomic E-state index is 14.7. The van der Waals surface area contributed by atoms with E-state index in [0.29, 0.717) is 27.6 Å². The number of piperazine rings is 1. The van der Waals surface area contributed by atoms with Gasteiger partial charge in [0.25, 0.3) is 11.5 Å². The number of aromatic amines is 1. The molecule has 1 aromatic carbocycles. The van der Waals surface area contributed by atoms with Crippen molar-refractivity contribution in [3.05, 3.63) is 80.2 Å². The van der Waals surface area contributed by atoms with Crippen molar-refractivity contribution >= 4 is 52.1 Å². The molecular weight excluding hydrogens is 577 g/mol. The molecule has 0 unspecified atom stereocenters. The van der Waals surface area contributed by atoms with Crippen LogP contribution in [0.1, 0.15) is 33.0 Å². The van der Waals surface area contributed by atoms with Crippen LogP contribution in [0.25, 0.3) is 11.3 Å². The Hall–Kier alpha value is -5.11. The quantitative estimate of drug-likeness (QED) is 0.255. The van der Waals surface area contributed by atoms with Crippen molar-refractivity contribution in [1.29, 1.82) is 0 Å². The number of nitrogens with zero attached hydrogens (tertiary/aromatic N) is 4. The lowest BCUT2D eigenvalue weighted by Crippen LogP contribution is -2.52. The number of carbonyl (C=O) groups excluding carboxylic acids is 2. The van der Waals surface area contributed by atoms with Crippen molar-refractivity contribution in [1.82, 2.24) is 20.1 Å². The molecule has 0 saturated carbocycles. The Balaban J connectivity index is 1.17. The summed E-state index contributed by atoms with van der Waals surface area (Å²) in [4.78, 5) is 57.5. The summed E-state index contributed by atoms with van der Waals surface area (Å²) in [7, 11) is 0. The number of H-pyrrole nitrogens is 1. The molecule has 1 fully saturated rings. The summed E-state index contributed by atoms with van der Waals surface area (Å²) >= 11 is 1.44. The van der Waals surface area contributed by atoms with Gasteiger partial charge in [-0.2, -0.15) is 5.10 Å². The molecule has 43 heavy (non-hydrogen) atoms. The number of benzene rings is 1. The number of hydrogen-bond acceptors (Lipinski definition) is 8. The molecule has 12 nitrogen and oxygen atoms in total. The normalized spacial score (nSPS) is 14.8. The van der Waals surface area contributed by atoms with Crippen LogP contribution in [-0.2, 0) is 17.6 Å². The third-order valence-corrected chi connectivity index (χ3v) is 8.58. The fourth-order valence-electron chi connectivity index (χ4n) is 5.08. The van der Waals surface area contributed by atoms with Gasteiger partial charge in [-0.15, -0.1) is 11.3 Å². The van der Waals surface area contributed by atoms with E-state index in [2.05, 4.69) is 25.8 Å². The highest BCUT2D eigenvalue weighted by Crippen LogP contribution is 2.31. The van der Waals surface area contributed by atoms with Crippen LogP contribution in [0.2, 0.25) is 0 Å². The predicted molar refractivity (Wildman–Crippen MR) is 159 cm³/mol. The molecule has 0 radical (unpaired) electrons. The number of amides is 3. The van der Waals surface area contributed by atoms with Gasteiger partial charge in [0.05, 0.1) is 28.1 Å². The second kappa shape index (κ2) is 11.6. The molecule has 4 aromatic rings. The molecule has 2 aliphatic rings. The van der Waals surface area contributed by atoms with E-state index in [9.17, 15) is 23.6 Å². The number of thiophene rings is 1. The van der Waals surface area contributed by atoms with Gasteiger partial charge >= 0.3 is 6.09 Å². The zero-order valence-electron chi connectivity index (χ0n) is 22.7. The van der Waals surface area contributed by atoms with Crippen LogP contribution in [0.4, 0.5) is 32.1 Å². The van der Waals surface area contributed by atoms with Crippen LogP contribution in [0.5, 0.6) is 0 Å². The molecule has 14 heteroatoms. The number of carbonyl (C=O) groups is 3. The van der Waals surface area contributed by atoms with Crippen LogP contribution < -0.4 is 21.1 Å². The third-order valence-electron chi connectivity index (χ3n) is 7.35. The zero-order valence-corrected chi connectivity index (χ0v) is 23.5. The van der Waals surface area contributed by atoms with Gasteiger partial charge in [-0.3, -0.25) is 19.3 Å². The Morgan fingerprint density at radius 1 is 1.02 bits per heavy atom. The number of halogens is 1. The van der Waals surface area contributed by atoms with E-state index in [1.165, 1.54) is 57.1 Å². The summed E-state index contributed by atoms with van der Waals surface area (Å²) in [5, 5.41) is 21.2. The first kappa shape index (κ1) is 28.0. The highest BCUT2D eigenvalue weighted by atomic mass is 32.1. The zero-order chi connectivity index (χ0) is 30.1. The number of carboxylic acid groups (broad SMARTS) is 1. The molecule has 3 aromatic heterocycles. The first-order chi connectivity index (χ1) is 20.7. The second-order valence-corrected chi connectivity index (χ2v) is 11.3. The van der Waals surface area contributed by atoms with E-state index in [0.717, 1.165) is 30.6 Å². The largest absolute Gasteiger partial charge is 0.465 e. The minimum atomic E-state index is -1.15. The van der Waals surface area contributed by atoms with Crippen molar-refractivity contribution in [3.63, 3.8) is 0 Å². The van der Waals surface area contributed by atoms with Gasteiger partial charge in [0.2, 0.25) is 5.91 Å². The number of fused-ring (bicyclic) bond motifs is 1. The van der Waals surface area contributed by atoms with Gasteiger partial charge in [0.1, 0.15) is 23.9 Å². The fraction of sp³-hybridized carbons (Fsp3) is 0.241. The van der Waals surface area contributed by atoms with Crippen LogP contribution in [0.15, 0.2) is 53.5 Å². The average Bonchev–Trinajstić information content (AvgIpc) is 3.45. The molecule has 3 amide bonds. The summed E-state index contributed by atoms with van der Waals surface area (Å²) in [6.07, 6.45) is 4.40. The van der Waals surface area contributed by atoms with E-state index < -0.39 is 17.5 Å². The van der Waals surface area contributed by atoms with Crippen LogP contribution >= 0.6 is 11.3 Å². The number of pyridine rings is 1. The molecule has 1 aliphatic carbocycles. The molecule has 0 spiro atoms. The Morgan fingerprint density at radius 3 is 2.60 bits per heavy atom. The smallest absolute Gasteiger partial charge is 0.407 e. The van der Waals surface area contributed by atoms with Gasteiger partial charge in [-0.05, 0) is 73.7 Å². The van der Waals surface area contributed by atoms with Gasteiger partial charge in [0.15, 0.2) is 0 Å². The van der Waals surface area contributed by atoms with Crippen LogP contribution in [0.3, 0.4) is 0 Å². The Morgan fingerprint density at radius 2 is 1.86 bits per heavy atom. The molecule has 0 bridgehead atoms. The highest BCUT2D eigenvalue weighted by Gasteiger charge is 2.28. The molecule has 6 rings (SSSR count). The summed E-state index contributed by atoms with van der Waals surface area (Å²) in [6.45, 7) is 0.137. The van der Waals surface area contributed by atoms with Crippen molar-refractivity contribution in [2.24, 2.45) is 0 Å². The van der Waals surface area contributed by atoms with E-state index >= 15 is 0 Å². The predicted octanol–water partition coefficient (Wildman–Crippen LogP) is 4.23. The fourth-order valence-corrected chi connectivity index (χ4v) is 6.23. The summed E-state index contributed by atoms with van der Waals surface area (Å²) < 4.78 is 14.7. The Labute approximate surface area is 248 Å². The molecule has 4 heterocycles. The SMILES string of the molecule is O=C(Nc1cc(-c2cc(Nc3ccc(N4CCN(C(=O)O)CC4=O)cn3)c(=O)[nH]n2)ccc1F)c1cc2c(s1)CCCC2. The van der Waals surface area contributed by atoms with Crippen molar-refractivity contribution < 1.29 is 23.9 Å². The minimum Gasteiger partial charge on any atom is -0.465 e. The number of nitrogens with one attached hydrogen (secondary N) is 3. The molecule has 1 saturated heterocycles.